The second-order valence-corrected chi connectivity index (χ2v) is 9.58. The van der Waals surface area contributed by atoms with Gasteiger partial charge in [0.05, 0.1) is 12.4 Å². The zero-order chi connectivity index (χ0) is 24.5. The molecular weight excluding hydrogens is 456 g/mol. The van der Waals surface area contributed by atoms with Crippen LogP contribution in [0.5, 0.6) is 5.75 Å². The number of ether oxygens (including phenoxy) is 1. The van der Waals surface area contributed by atoms with E-state index in [1.807, 2.05) is 72.5 Å². The summed E-state index contributed by atoms with van der Waals surface area (Å²) in [6.07, 6.45) is 2.52. The standard InChI is InChI=1S/C29H32N2O3S/c1-2-34-26-13-7-6-11-23(26)12-8-19-30-28(33)24-14-16-25(17-15-24)29-31(27(32)21-35-29)20-18-22-9-4-3-5-10-22/h3-7,9-11,13-17,29H,2,8,12,18-21H2,1H3,(H,30,33)/t29-/m0/s1. The average Bonchev–Trinajstić information content (AvgIpc) is 3.27. The summed E-state index contributed by atoms with van der Waals surface area (Å²) in [5, 5.41) is 3.01. The molecule has 1 fully saturated rings. The SMILES string of the molecule is CCOc1ccccc1CCCNC(=O)c1ccc([C@@H]2SCC(=O)N2CCc2ccccc2)cc1. The summed E-state index contributed by atoms with van der Waals surface area (Å²) in [4.78, 5) is 27.1. The van der Waals surface area contributed by atoms with Gasteiger partial charge in [0.25, 0.3) is 5.91 Å². The first-order valence-electron chi connectivity index (χ1n) is 12.2. The topological polar surface area (TPSA) is 58.6 Å². The van der Waals surface area contributed by atoms with Crippen LogP contribution in [0.25, 0.3) is 0 Å². The minimum Gasteiger partial charge on any atom is -0.494 e. The van der Waals surface area contributed by atoms with Crippen molar-refractivity contribution in [2.24, 2.45) is 0 Å². The number of carbonyl (C=O) groups excluding carboxylic acids is 2. The Hall–Kier alpha value is -3.25. The molecule has 1 aliphatic heterocycles. The van der Waals surface area contributed by atoms with Gasteiger partial charge in [-0.1, -0.05) is 60.7 Å². The Morgan fingerprint density at radius 1 is 1.00 bits per heavy atom. The normalized spacial score (nSPS) is 15.3. The number of carbonyl (C=O) groups is 2. The van der Waals surface area contributed by atoms with E-state index < -0.39 is 0 Å². The number of nitrogens with one attached hydrogen (secondary N) is 1. The third kappa shape index (κ3) is 6.67. The Morgan fingerprint density at radius 2 is 1.74 bits per heavy atom. The summed E-state index contributed by atoms with van der Waals surface area (Å²) < 4.78 is 5.68. The van der Waals surface area contributed by atoms with Gasteiger partial charge in [0.15, 0.2) is 0 Å². The Balaban J connectivity index is 1.28. The van der Waals surface area contributed by atoms with Gasteiger partial charge in [-0.15, -0.1) is 11.8 Å². The van der Waals surface area contributed by atoms with E-state index >= 15 is 0 Å². The molecule has 1 aliphatic rings. The summed E-state index contributed by atoms with van der Waals surface area (Å²) in [6.45, 7) is 3.91. The minimum absolute atomic E-state index is 0.00580. The number of para-hydroxylation sites is 1. The Kier molecular flexibility index (Phi) is 8.85. The van der Waals surface area contributed by atoms with Gasteiger partial charge in [0.1, 0.15) is 11.1 Å². The van der Waals surface area contributed by atoms with E-state index in [-0.39, 0.29) is 17.2 Å². The van der Waals surface area contributed by atoms with Crippen molar-refractivity contribution in [3.63, 3.8) is 0 Å². The second kappa shape index (κ2) is 12.5. The molecule has 4 rings (SSSR count). The molecule has 35 heavy (non-hydrogen) atoms. The minimum atomic E-state index is -0.0780. The molecule has 1 N–H and O–H groups in total. The lowest BCUT2D eigenvalue weighted by molar-refractivity contribution is -0.128. The van der Waals surface area contributed by atoms with Crippen molar-refractivity contribution < 1.29 is 14.3 Å². The molecule has 182 valence electrons. The fourth-order valence-corrected chi connectivity index (χ4v) is 5.47. The summed E-state index contributed by atoms with van der Waals surface area (Å²) in [6, 6.07) is 25.9. The predicted molar refractivity (Wildman–Crippen MR) is 142 cm³/mol. The lowest BCUT2D eigenvalue weighted by Crippen LogP contribution is -2.30. The summed E-state index contributed by atoms with van der Waals surface area (Å²) in [7, 11) is 0. The number of benzene rings is 3. The maximum absolute atomic E-state index is 12.6. The van der Waals surface area contributed by atoms with Crippen LogP contribution in [-0.4, -0.2) is 42.2 Å². The van der Waals surface area contributed by atoms with Crippen molar-refractivity contribution in [2.75, 3.05) is 25.4 Å². The van der Waals surface area contributed by atoms with E-state index in [2.05, 4.69) is 23.5 Å². The molecule has 5 nitrogen and oxygen atoms in total. The van der Waals surface area contributed by atoms with Crippen LogP contribution >= 0.6 is 11.8 Å². The highest BCUT2D eigenvalue weighted by atomic mass is 32.2. The molecule has 0 bridgehead atoms. The monoisotopic (exact) mass is 488 g/mol. The molecule has 2 amide bonds. The van der Waals surface area contributed by atoms with Crippen LogP contribution in [0.2, 0.25) is 0 Å². The fourth-order valence-electron chi connectivity index (χ4n) is 4.25. The van der Waals surface area contributed by atoms with Gasteiger partial charge in [-0.3, -0.25) is 9.59 Å². The summed E-state index contributed by atoms with van der Waals surface area (Å²) >= 11 is 1.65. The third-order valence-corrected chi connectivity index (χ3v) is 7.35. The Bertz CT molecular complexity index is 1120. The number of rotatable bonds is 11. The maximum atomic E-state index is 12.6. The first-order chi connectivity index (χ1) is 17.2. The van der Waals surface area contributed by atoms with Gasteiger partial charge < -0.3 is 15.0 Å². The fraction of sp³-hybridized carbons (Fsp3) is 0.310. The Morgan fingerprint density at radius 3 is 2.51 bits per heavy atom. The van der Waals surface area contributed by atoms with E-state index in [1.165, 1.54) is 5.56 Å². The molecule has 0 aromatic heterocycles. The smallest absolute Gasteiger partial charge is 0.251 e. The van der Waals surface area contributed by atoms with Crippen molar-refractivity contribution in [1.29, 1.82) is 0 Å². The van der Waals surface area contributed by atoms with Crippen molar-refractivity contribution in [3.8, 4) is 5.75 Å². The zero-order valence-electron chi connectivity index (χ0n) is 20.1. The number of thioether (sulfide) groups is 1. The molecular formula is C29H32N2O3S. The van der Waals surface area contributed by atoms with Crippen LogP contribution in [0, 0.1) is 0 Å². The van der Waals surface area contributed by atoms with Gasteiger partial charge in [-0.05, 0) is 61.1 Å². The van der Waals surface area contributed by atoms with E-state index in [1.54, 1.807) is 11.8 Å². The number of nitrogens with zero attached hydrogens (tertiary/aromatic N) is 1. The van der Waals surface area contributed by atoms with Gasteiger partial charge in [-0.25, -0.2) is 0 Å². The van der Waals surface area contributed by atoms with Crippen molar-refractivity contribution >= 4 is 23.6 Å². The molecule has 0 spiro atoms. The van der Waals surface area contributed by atoms with Crippen LogP contribution in [-0.2, 0) is 17.6 Å². The lowest BCUT2D eigenvalue weighted by atomic mass is 10.1. The molecule has 1 heterocycles. The maximum Gasteiger partial charge on any atom is 0.251 e. The van der Waals surface area contributed by atoms with Gasteiger partial charge >= 0.3 is 0 Å². The van der Waals surface area contributed by atoms with Crippen molar-refractivity contribution in [2.45, 2.75) is 31.6 Å². The molecule has 1 atom stereocenters. The van der Waals surface area contributed by atoms with Gasteiger partial charge in [0.2, 0.25) is 5.91 Å². The highest BCUT2D eigenvalue weighted by Gasteiger charge is 2.32. The molecule has 0 radical (unpaired) electrons. The first-order valence-corrected chi connectivity index (χ1v) is 13.2. The molecule has 0 aliphatic carbocycles. The molecule has 0 saturated carbocycles. The first kappa shape index (κ1) is 24.9. The molecule has 0 unspecified atom stereocenters. The van der Waals surface area contributed by atoms with Crippen molar-refractivity contribution in [3.05, 3.63) is 101 Å². The molecule has 6 heteroatoms. The molecule has 1 saturated heterocycles. The van der Waals surface area contributed by atoms with E-state index in [0.717, 1.165) is 36.1 Å². The van der Waals surface area contributed by atoms with E-state index in [9.17, 15) is 9.59 Å². The third-order valence-electron chi connectivity index (χ3n) is 6.09. The van der Waals surface area contributed by atoms with Crippen LogP contribution < -0.4 is 10.1 Å². The van der Waals surface area contributed by atoms with Crippen LogP contribution in [0.1, 0.15) is 45.8 Å². The highest BCUT2D eigenvalue weighted by molar-refractivity contribution is 8.00. The lowest BCUT2D eigenvalue weighted by Gasteiger charge is -2.24. The van der Waals surface area contributed by atoms with Crippen molar-refractivity contribution in [1.82, 2.24) is 10.2 Å². The van der Waals surface area contributed by atoms with Crippen LogP contribution in [0.4, 0.5) is 0 Å². The van der Waals surface area contributed by atoms with Crippen LogP contribution in [0.3, 0.4) is 0 Å². The number of amides is 2. The number of hydrogen-bond acceptors (Lipinski definition) is 4. The average molecular weight is 489 g/mol. The van der Waals surface area contributed by atoms with E-state index in [4.69, 9.17) is 4.74 Å². The zero-order valence-corrected chi connectivity index (χ0v) is 20.9. The summed E-state index contributed by atoms with van der Waals surface area (Å²) in [5.41, 5.74) is 4.07. The van der Waals surface area contributed by atoms with E-state index in [0.29, 0.717) is 31.0 Å². The second-order valence-electron chi connectivity index (χ2n) is 8.51. The number of hydrogen-bond donors (Lipinski definition) is 1. The van der Waals surface area contributed by atoms with Gasteiger partial charge in [0, 0.05) is 18.7 Å². The largest absolute Gasteiger partial charge is 0.494 e. The van der Waals surface area contributed by atoms with Gasteiger partial charge in [-0.2, -0.15) is 0 Å². The Labute approximate surface area is 211 Å². The summed E-state index contributed by atoms with van der Waals surface area (Å²) in [5.74, 6) is 1.50. The number of aryl methyl sites for hydroxylation is 1. The highest BCUT2D eigenvalue weighted by Crippen LogP contribution is 2.38. The quantitative estimate of drug-likeness (QED) is 0.374. The molecule has 3 aromatic carbocycles. The predicted octanol–water partition coefficient (Wildman–Crippen LogP) is 5.26. The van der Waals surface area contributed by atoms with Crippen LogP contribution in [0.15, 0.2) is 78.9 Å². The molecule has 3 aromatic rings.